The molecule has 1 N–H and O–H groups in total. The van der Waals surface area contributed by atoms with Gasteiger partial charge < -0.3 is 10.2 Å². The minimum Gasteiger partial charge on any atom is -0.313 e. The number of hydrogen-bond donors (Lipinski definition) is 1. The van der Waals surface area contributed by atoms with Crippen LogP contribution < -0.4 is 5.32 Å². The summed E-state index contributed by atoms with van der Waals surface area (Å²) >= 11 is 1.82. The van der Waals surface area contributed by atoms with Gasteiger partial charge in [-0.05, 0) is 50.5 Å². The number of nitrogens with zero attached hydrogens (tertiary/aromatic N) is 1. The Hall–Kier alpha value is -0.510. The highest BCUT2D eigenvalue weighted by atomic mass is 32.2. The van der Waals surface area contributed by atoms with Crippen molar-refractivity contribution < 1.29 is 0 Å². The van der Waals surface area contributed by atoms with Crippen LogP contribution in [0.15, 0.2) is 29.2 Å². The summed E-state index contributed by atoms with van der Waals surface area (Å²) in [5.74, 6) is 0. The monoisotopic (exact) mass is 266 g/mol. The van der Waals surface area contributed by atoms with Crippen molar-refractivity contribution in [1.82, 2.24) is 10.2 Å². The van der Waals surface area contributed by atoms with Crippen LogP contribution in [0.1, 0.15) is 25.8 Å². The Balaban J connectivity index is 2.21. The molecule has 1 aromatic carbocycles. The molecule has 0 aliphatic carbocycles. The second-order valence-electron chi connectivity index (χ2n) is 4.37. The van der Waals surface area contributed by atoms with Crippen LogP contribution in [0, 0.1) is 0 Å². The summed E-state index contributed by atoms with van der Waals surface area (Å²) in [4.78, 5) is 3.85. The number of hydrogen-bond acceptors (Lipinski definition) is 3. The standard InChI is InChI=1S/C15H26N2S/c1-4-17(5-2)12-8-11-16-13-14-9-6-7-10-15(14)18-3/h6-7,9-10,16H,4-5,8,11-13H2,1-3H3. The lowest BCUT2D eigenvalue weighted by Crippen LogP contribution is -2.27. The first-order valence-electron chi connectivity index (χ1n) is 6.86. The van der Waals surface area contributed by atoms with Crippen molar-refractivity contribution in [2.45, 2.75) is 31.7 Å². The highest BCUT2D eigenvalue weighted by molar-refractivity contribution is 7.98. The van der Waals surface area contributed by atoms with Crippen LogP contribution in [0.25, 0.3) is 0 Å². The smallest absolute Gasteiger partial charge is 0.0216 e. The van der Waals surface area contributed by atoms with Crippen LogP contribution in [-0.2, 0) is 6.54 Å². The Morgan fingerprint density at radius 2 is 1.89 bits per heavy atom. The lowest BCUT2D eigenvalue weighted by molar-refractivity contribution is 0.298. The third-order valence-electron chi connectivity index (χ3n) is 3.23. The normalized spacial score (nSPS) is 11.1. The first-order valence-corrected chi connectivity index (χ1v) is 8.09. The Kier molecular flexibility index (Phi) is 8.14. The maximum absolute atomic E-state index is 3.54. The van der Waals surface area contributed by atoms with Crippen LogP contribution in [-0.4, -0.2) is 37.3 Å². The molecule has 102 valence electrons. The van der Waals surface area contributed by atoms with Gasteiger partial charge in [-0.1, -0.05) is 32.0 Å². The van der Waals surface area contributed by atoms with Gasteiger partial charge in [0.1, 0.15) is 0 Å². The quantitative estimate of drug-likeness (QED) is 0.546. The molecule has 0 aliphatic heterocycles. The molecule has 0 fully saturated rings. The number of rotatable bonds is 9. The van der Waals surface area contributed by atoms with Gasteiger partial charge in [0.15, 0.2) is 0 Å². The summed E-state index contributed by atoms with van der Waals surface area (Å²) in [6.45, 7) is 10.0. The van der Waals surface area contributed by atoms with Gasteiger partial charge in [0, 0.05) is 11.4 Å². The maximum atomic E-state index is 3.54. The van der Waals surface area contributed by atoms with Gasteiger partial charge in [-0.2, -0.15) is 0 Å². The molecule has 0 atom stereocenters. The third-order valence-corrected chi connectivity index (χ3v) is 4.07. The van der Waals surface area contributed by atoms with E-state index in [2.05, 4.69) is 54.6 Å². The molecule has 0 amide bonds. The molecule has 0 aliphatic rings. The van der Waals surface area contributed by atoms with Gasteiger partial charge >= 0.3 is 0 Å². The Bertz CT molecular complexity index is 324. The summed E-state index contributed by atoms with van der Waals surface area (Å²) in [6, 6.07) is 8.63. The molecule has 1 aromatic rings. The van der Waals surface area contributed by atoms with E-state index in [-0.39, 0.29) is 0 Å². The molecule has 1 rings (SSSR count). The molecule has 0 aromatic heterocycles. The highest BCUT2D eigenvalue weighted by Gasteiger charge is 2.00. The fourth-order valence-electron chi connectivity index (χ4n) is 2.04. The largest absolute Gasteiger partial charge is 0.313 e. The first-order chi connectivity index (χ1) is 8.81. The zero-order valence-electron chi connectivity index (χ0n) is 11.9. The van der Waals surface area contributed by atoms with Crippen LogP contribution in [0.4, 0.5) is 0 Å². The second kappa shape index (κ2) is 9.42. The lowest BCUT2D eigenvalue weighted by Gasteiger charge is -2.17. The molecule has 0 saturated carbocycles. The first kappa shape index (κ1) is 15.5. The minimum atomic E-state index is 0.981. The average Bonchev–Trinajstić information content (AvgIpc) is 2.43. The van der Waals surface area contributed by atoms with Crippen molar-refractivity contribution in [1.29, 1.82) is 0 Å². The van der Waals surface area contributed by atoms with E-state index in [4.69, 9.17) is 0 Å². The van der Waals surface area contributed by atoms with Crippen molar-refractivity contribution in [3.63, 3.8) is 0 Å². The molecule has 0 saturated heterocycles. The van der Waals surface area contributed by atoms with E-state index in [9.17, 15) is 0 Å². The molecular formula is C15H26N2S. The Morgan fingerprint density at radius 1 is 1.17 bits per heavy atom. The van der Waals surface area contributed by atoms with Crippen LogP contribution in [0.2, 0.25) is 0 Å². The van der Waals surface area contributed by atoms with E-state index in [1.54, 1.807) is 0 Å². The summed E-state index contributed by atoms with van der Waals surface area (Å²) in [7, 11) is 0. The summed E-state index contributed by atoms with van der Waals surface area (Å²) < 4.78 is 0. The Labute approximate surface area is 116 Å². The second-order valence-corrected chi connectivity index (χ2v) is 5.22. The molecule has 0 heterocycles. The van der Waals surface area contributed by atoms with Crippen LogP contribution >= 0.6 is 11.8 Å². The summed E-state index contributed by atoms with van der Waals surface area (Å²) in [5, 5.41) is 3.54. The van der Waals surface area contributed by atoms with Gasteiger partial charge in [0.25, 0.3) is 0 Å². The van der Waals surface area contributed by atoms with Gasteiger partial charge in [-0.15, -0.1) is 11.8 Å². The number of nitrogens with one attached hydrogen (secondary N) is 1. The van der Waals surface area contributed by atoms with Crippen molar-refractivity contribution in [3.8, 4) is 0 Å². The zero-order valence-corrected chi connectivity index (χ0v) is 12.7. The van der Waals surface area contributed by atoms with Crippen LogP contribution in [0.3, 0.4) is 0 Å². The summed E-state index contributed by atoms with van der Waals surface area (Å²) in [6.07, 6.45) is 3.36. The van der Waals surface area contributed by atoms with E-state index in [1.807, 2.05) is 11.8 Å². The van der Waals surface area contributed by atoms with E-state index < -0.39 is 0 Å². The van der Waals surface area contributed by atoms with E-state index in [1.165, 1.54) is 23.4 Å². The molecule has 0 unspecified atom stereocenters. The van der Waals surface area contributed by atoms with Crippen molar-refractivity contribution in [2.75, 3.05) is 32.4 Å². The predicted molar refractivity (Wildman–Crippen MR) is 82.3 cm³/mol. The van der Waals surface area contributed by atoms with Crippen molar-refractivity contribution in [2.24, 2.45) is 0 Å². The molecular weight excluding hydrogens is 240 g/mol. The maximum Gasteiger partial charge on any atom is 0.0216 e. The molecule has 18 heavy (non-hydrogen) atoms. The van der Waals surface area contributed by atoms with Crippen LogP contribution in [0.5, 0.6) is 0 Å². The van der Waals surface area contributed by atoms with Gasteiger partial charge in [0.2, 0.25) is 0 Å². The average molecular weight is 266 g/mol. The molecule has 2 nitrogen and oxygen atoms in total. The van der Waals surface area contributed by atoms with E-state index >= 15 is 0 Å². The lowest BCUT2D eigenvalue weighted by atomic mass is 10.2. The number of benzene rings is 1. The predicted octanol–water partition coefficient (Wildman–Crippen LogP) is 3.23. The topological polar surface area (TPSA) is 15.3 Å². The molecule has 0 radical (unpaired) electrons. The van der Waals surface area contributed by atoms with Crippen molar-refractivity contribution >= 4 is 11.8 Å². The molecule has 3 heteroatoms. The third kappa shape index (κ3) is 5.42. The fourth-order valence-corrected chi connectivity index (χ4v) is 2.66. The van der Waals surface area contributed by atoms with E-state index in [0.29, 0.717) is 0 Å². The molecule has 0 bridgehead atoms. The number of thioether (sulfide) groups is 1. The summed E-state index contributed by atoms with van der Waals surface area (Å²) in [5.41, 5.74) is 1.41. The highest BCUT2D eigenvalue weighted by Crippen LogP contribution is 2.19. The molecule has 0 spiro atoms. The van der Waals surface area contributed by atoms with Gasteiger partial charge in [0.05, 0.1) is 0 Å². The SMILES string of the molecule is CCN(CC)CCCNCc1ccccc1SC. The Morgan fingerprint density at radius 3 is 2.56 bits per heavy atom. The van der Waals surface area contributed by atoms with Crippen molar-refractivity contribution in [3.05, 3.63) is 29.8 Å². The van der Waals surface area contributed by atoms with Gasteiger partial charge in [-0.25, -0.2) is 0 Å². The fraction of sp³-hybridized carbons (Fsp3) is 0.600. The van der Waals surface area contributed by atoms with Gasteiger partial charge in [-0.3, -0.25) is 0 Å². The van der Waals surface area contributed by atoms with E-state index in [0.717, 1.165) is 26.2 Å². The minimum absolute atomic E-state index is 0.981. The zero-order chi connectivity index (χ0) is 13.2.